The summed E-state index contributed by atoms with van der Waals surface area (Å²) in [6, 6.07) is 8.31. The van der Waals surface area contributed by atoms with Crippen LogP contribution in [0, 0.1) is 5.41 Å². The van der Waals surface area contributed by atoms with E-state index in [1.807, 2.05) is 12.1 Å². The standard InChI is InChI=1S/C15H23N3/c1-3-12-6-5-7-13(10-12)18-14(16)17-11-15(4-2)8-9-15/h5-7,10H,3-4,8-9,11H2,1-2H3,(H3,16,17,18). The minimum atomic E-state index is 0.456. The van der Waals surface area contributed by atoms with Crippen LogP contribution in [0.5, 0.6) is 0 Å². The molecule has 0 amide bonds. The number of rotatable bonds is 5. The van der Waals surface area contributed by atoms with Gasteiger partial charge < -0.3 is 11.1 Å². The number of aryl methyl sites for hydroxylation is 1. The van der Waals surface area contributed by atoms with E-state index in [1.165, 1.54) is 24.8 Å². The van der Waals surface area contributed by atoms with Crippen molar-refractivity contribution >= 4 is 11.6 Å². The van der Waals surface area contributed by atoms with E-state index in [9.17, 15) is 0 Å². The lowest BCUT2D eigenvalue weighted by Gasteiger charge is -2.10. The van der Waals surface area contributed by atoms with E-state index >= 15 is 0 Å². The van der Waals surface area contributed by atoms with Crippen LogP contribution in [0.4, 0.5) is 5.69 Å². The Morgan fingerprint density at radius 1 is 1.39 bits per heavy atom. The zero-order valence-electron chi connectivity index (χ0n) is 11.4. The van der Waals surface area contributed by atoms with Gasteiger partial charge in [-0.1, -0.05) is 26.0 Å². The van der Waals surface area contributed by atoms with Gasteiger partial charge in [0.05, 0.1) is 0 Å². The number of guanidine groups is 1. The van der Waals surface area contributed by atoms with Gasteiger partial charge in [-0.05, 0) is 48.8 Å². The maximum absolute atomic E-state index is 5.93. The Bertz CT molecular complexity index is 433. The number of hydrogen-bond donors (Lipinski definition) is 2. The van der Waals surface area contributed by atoms with Crippen molar-refractivity contribution in [3.05, 3.63) is 29.8 Å². The Labute approximate surface area is 109 Å². The number of nitrogens with zero attached hydrogens (tertiary/aromatic N) is 1. The second kappa shape index (κ2) is 5.42. The van der Waals surface area contributed by atoms with E-state index in [2.05, 4.69) is 36.3 Å². The average molecular weight is 245 g/mol. The van der Waals surface area contributed by atoms with E-state index in [0.717, 1.165) is 18.7 Å². The molecule has 2 rings (SSSR count). The fourth-order valence-corrected chi connectivity index (χ4v) is 2.11. The second-order valence-electron chi connectivity index (χ2n) is 5.23. The molecule has 1 fully saturated rings. The van der Waals surface area contributed by atoms with Crippen LogP contribution in [0.1, 0.15) is 38.7 Å². The summed E-state index contributed by atoms with van der Waals surface area (Å²) in [5.41, 5.74) is 8.71. The second-order valence-corrected chi connectivity index (χ2v) is 5.23. The number of aliphatic imine (C=N–C) groups is 1. The highest BCUT2D eigenvalue weighted by atomic mass is 15.1. The normalized spacial score (nSPS) is 17.6. The highest BCUT2D eigenvalue weighted by molar-refractivity contribution is 5.92. The first-order valence-electron chi connectivity index (χ1n) is 6.83. The lowest BCUT2D eigenvalue weighted by molar-refractivity contribution is 0.506. The van der Waals surface area contributed by atoms with Gasteiger partial charge >= 0.3 is 0 Å². The summed E-state index contributed by atoms with van der Waals surface area (Å²) in [6.07, 6.45) is 4.83. The van der Waals surface area contributed by atoms with Crippen LogP contribution in [0.25, 0.3) is 0 Å². The molecule has 0 aliphatic heterocycles. The third-order valence-electron chi connectivity index (χ3n) is 3.90. The molecule has 0 aromatic heterocycles. The molecule has 0 atom stereocenters. The van der Waals surface area contributed by atoms with Crippen LogP contribution in [0.15, 0.2) is 29.3 Å². The number of nitrogens with one attached hydrogen (secondary N) is 1. The molecule has 0 heterocycles. The van der Waals surface area contributed by atoms with Crippen LogP contribution in [0.3, 0.4) is 0 Å². The van der Waals surface area contributed by atoms with Gasteiger partial charge in [0.2, 0.25) is 0 Å². The summed E-state index contributed by atoms with van der Waals surface area (Å²) in [4.78, 5) is 4.46. The molecule has 1 aliphatic rings. The molecule has 0 radical (unpaired) electrons. The Kier molecular flexibility index (Phi) is 3.90. The molecule has 0 saturated heterocycles. The zero-order chi connectivity index (χ0) is 13.0. The molecular weight excluding hydrogens is 222 g/mol. The predicted octanol–water partition coefficient (Wildman–Crippen LogP) is 3.17. The van der Waals surface area contributed by atoms with E-state index in [-0.39, 0.29) is 0 Å². The van der Waals surface area contributed by atoms with Crippen LogP contribution in [-0.4, -0.2) is 12.5 Å². The number of hydrogen-bond acceptors (Lipinski definition) is 1. The Hall–Kier alpha value is -1.51. The molecule has 98 valence electrons. The van der Waals surface area contributed by atoms with Crippen LogP contribution in [-0.2, 0) is 6.42 Å². The lowest BCUT2D eigenvalue weighted by atomic mass is 10.1. The van der Waals surface area contributed by atoms with Gasteiger partial charge in [-0.3, -0.25) is 4.99 Å². The van der Waals surface area contributed by atoms with E-state index in [4.69, 9.17) is 5.73 Å². The van der Waals surface area contributed by atoms with E-state index in [0.29, 0.717) is 11.4 Å². The third kappa shape index (κ3) is 3.25. The van der Waals surface area contributed by atoms with Crippen molar-refractivity contribution in [1.82, 2.24) is 0 Å². The van der Waals surface area contributed by atoms with Crippen LogP contribution >= 0.6 is 0 Å². The fraction of sp³-hybridized carbons (Fsp3) is 0.533. The largest absolute Gasteiger partial charge is 0.370 e. The summed E-state index contributed by atoms with van der Waals surface area (Å²) < 4.78 is 0. The first-order valence-corrected chi connectivity index (χ1v) is 6.83. The highest BCUT2D eigenvalue weighted by Gasteiger charge is 2.40. The van der Waals surface area contributed by atoms with Crippen molar-refractivity contribution in [2.24, 2.45) is 16.1 Å². The molecule has 1 saturated carbocycles. The van der Waals surface area contributed by atoms with Gasteiger partial charge in [0.1, 0.15) is 0 Å². The minimum Gasteiger partial charge on any atom is -0.370 e. The molecule has 1 aliphatic carbocycles. The number of anilines is 1. The van der Waals surface area contributed by atoms with Crippen molar-refractivity contribution in [1.29, 1.82) is 0 Å². The van der Waals surface area contributed by atoms with Gasteiger partial charge in [0, 0.05) is 12.2 Å². The Morgan fingerprint density at radius 2 is 2.17 bits per heavy atom. The molecule has 3 heteroatoms. The van der Waals surface area contributed by atoms with E-state index in [1.54, 1.807) is 0 Å². The van der Waals surface area contributed by atoms with Gasteiger partial charge in [-0.25, -0.2) is 0 Å². The molecule has 0 spiro atoms. The SMILES string of the molecule is CCc1cccc(NC(N)=NCC2(CC)CC2)c1. The molecule has 0 unspecified atom stereocenters. The average Bonchev–Trinajstić information content (AvgIpc) is 3.17. The number of nitrogens with two attached hydrogens (primary N) is 1. The van der Waals surface area contributed by atoms with Gasteiger partial charge in [0.25, 0.3) is 0 Å². The third-order valence-corrected chi connectivity index (χ3v) is 3.90. The smallest absolute Gasteiger partial charge is 0.193 e. The Balaban J connectivity index is 1.93. The lowest BCUT2D eigenvalue weighted by Crippen LogP contribution is -2.24. The molecule has 1 aromatic carbocycles. The highest BCUT2D eigenvalue weighted by Crippen LogP contribution is 2.48. The van der Waals surface area contributed by atoms with Crippen LogP contribution in [0.2, 0.25) is 0 Å². The summed E-state index contributed by atoms with van der Waals surface area (Å²) in [7, 11) is 0. The molecular formula is C15H23N3. The summed E-state index contributed by atoms with van der Waals surface area (Å²) in [5, 5.41) is 3.17. The summed E-state index contributed by atoms with van der Waals surface area (Å²) in [6.45, 7) is 5.24. The summed E-state index contributed by atoms with van der Waals surface area (Å²) in [5.74, 6) is 0.531. The number of benzene rings is 1. The van der Waals surface area contributed by atoms with Crippen molar-refractivity contribution in [2.45, 2.75) is 39.5 Å². The van der Waals surface area contributed by atoms with Crippen molar-refractivity contribution < 1.29 is 0 Å². The first kappa shape index (κ1) is 12.9. The van der Waals surface area contributed by atoms with Crippen molar-refractivity contribution in [2.75, 3.05) is 11.9 Å². The van der Waals surface area contributed by atoms with Gasteiger partial charge in [-0.2, -0.15) is 0 Å². The molecule has 0 bridgehead atoms. The van der Waals surface area contributed by atoms with Gasteiger partial charge in [0.15, 0.2) is 5.96 Å². The van der Waals surface area contributed by atoms with E-state index < -0.39 is 0 Å². The Morgan fingerprint density at radius 3 is 2.78 bits per heavy atom. The van der Waals surface area contributed by atoms with Gasteiger partial charge in [-0.15, -0.1) is 0 Å². The monoisotopic (exact) mass is 245 g/mol. The first-order chi connectivity index (χ1) is 8.67. The topological polar surface area (TPSA) is 50.4 Å². The fourth-order valence-electron chi connectivity index (χ4n) is 2.11. The van der Waals surface area contributed by atoms with Crippen molar-refractivity contribution in [3.8, 4) is 0 Å². The molecule has 1 aromatic rings. The predicted molar refractivity (Wildman–Crippen MR) is 77.9 cm³/mol. The van der Waals surface area contributed by atoms with Crippen molar-refractivity contribution in [3.63, 3.8) is 0 Å². The molecule has 18 heavy (non-hydrogen) atoms. The molecule has 3 nitrogen and oxygen atoms in total. The summed E-state index contributed by atoms with van der Waals surface area (Å²) >= 11 is 0. The minimum absolute atomic E-state index is 0.456. The van der Waals surface area contributed by atoms with Crippen LogP contribution < -0.4 is 11.1 Å². The maximum Gasteiger partial charge on any atom is 0.193 e. The maximum atomic E-state index is 5.93. The zero-order valence-corrected chi connectivity index (χ0v) is 11.4. The molecule has 3 N–H and O–H groups in total. The quantitative estimate of drug-likeness (QED) is 0.618.